The Morgan fingerprint density at radius 3 is 2.25 bits per heavy atom. The molecule has 2 N–H and O–H groups in total. The van der Waals surface area contributed by atoms with Crippen LogP contribution in [0, 0.1) is 0 Å². The van der Waals surface area contributed by atoms with Gasteiger partial charge >= 0.3 is 0 Å². The normalized spacial score (nSPS) is 21.8. The molecule has 0 spiro atoms. The third kappa shape index (κ3) is 1.73. The van der Waals surface area contributed by atoms with Gasteiger partial charge in [0.15, 0.2) is 0 Å². The maximum Gasteiger partial charge on any atom is 0.208 e. The van der Waals surface area contributed by atoms with Gasteiger partial charge in [-0.25, -0.2) is 0 Å². The van der Waals surface area contributed by atoms with Crippen molar-refractivity contribution < 1.29 is 9.59 Å². The summed E-state index contributed by atoms with van der Waals surface area (Å²) in [5.41, 5.74) is -0.543. The Bertz CT molecular complexity index is 173. The van der Waals surface area contributed by atoms with Crippen LogP contribution in [0.5, 0.6) is 0 Å². The van der Waals surface area contributed by atoms with E-state index in [-0.39, 0.29) is 0 Å². The minimum Gasteiger partial charge on any atom is -0.335 e. The molecule has 0 saturated carbocycles. The Hall–Kier alpha value is -1.10. The Labute approximate surface area is 71.1 Å². The summed E-state index contributed by atoms with van der Waals surface area (Å²) in [5, 5.41) is 5.25. The lowest BCUT2D eigenvalue weighted by Gasteiger charge is -2.27. The van der Waals surface area contributed by atoms with Crippen molar-refractivity contribution in [3.8, 4) is 0 Å². The molecule has 2 amide bonds. The molecular formula is C7H13N3O2. The van der Waals surface area contributed by atoms with Crippen molar-refractivity contribution in [2.24, 2.45) is 0 Å². The van der Waals surface area contributed by atoms with E-state index in [1.807, 2.05) is 11.9 Å². The summed E-state index contributed by atoms with van der Waals surface area (Å²) in [6, 6.07) is 0. The number of hydrogen-bond acceptors (Lipinski definition) is 3. The van der Waals surface area contributed by atoms with Gasteiger partial charge < -0.3 is 15.5 Å². The second-order valence-electron chi connectivity index (χ2n) is 3.09. The second kappa shape index (κ2) is 3.53. The molecule has 0 aromatic carbocycles. The number of nitrogens with one attached hydrogen (secondary N) is 2. The number of hydrogen-bond donors (Lipinski definition) is 2. The average Bonchev–Trinajstić information content (AvgIpc) is 2.34. The Kier molecular flexibility index (Phi) is 2.65. The van der Waals surface area contributed by atoms with Gasteiger partial charge in [-0.3, -0.25) is 9.59 Å². The highest BCUT2D eigenvalue weighted by atomic mass is 16.1. The molecule has 1 aliphatic rings. The van der Waals surface area contributed by atoms with Gasteiger partial charge in [0.05, 0.1) is 0 Å². The minimum atomic E-state index is -0.543. The van der Waals surface area contributed by atoms with Crippen LogP contribution in [0.2, 0.25) is 0 Å². The third-order valence-corrected chi connectivity index (χ3v) is 2.13. The van der Waals surface area contributed by atoms with E-state index in [1.54, 1.807) is 0 Å². The van der Waals surface area contributed by atoms with Gasteiger partial charge in [0, 0.05) is 19.5 Å². The van der Waals surface area contributed by atoms with Crippen LogP contribution in [0.1, 0.15) is 6.42 Å². The lowest BCUT2D eigenvalue weighted by molar-refractivity contribution is -0.114. The van der Waals surface area contributed by atoms with Gasteiger partial charge in [0.25, 0.3) is 0 Å². The molecule has 0 aromatic heterocycles. The first-order valence-corrected chi connectivity index (χ1v) is 3.84. The van der Waals surface area contributed by atoms with Crippen molar-refractivity contribution in [2.75, 3.05) is 20.1 Å². The highest BCUT2D eigenvalue weighted by molar-refractivity contribution is 5.53. The van der Waals surface area contributed by atoms with Crippen molar-refractivity contribution in [3.63, 3.8) is 0 Å². The molecule has 1 fully saturated rings. The van der Waals surface area contributed by atoms with Crippen LogP contribution in [0.25, 0.3) is 0 Å². The predicted molar refractivity (Wildman–Crippen MR) is 43.2 cm³/mol. The number of amides is 2. The summed E-state index contributed by atoms with van der Waals surface area (Å²) in [7, 11) is 1.95. The Balaban J connectivity index is 2.59. The molecule has 0 unspecified atom stereocenters. The van der Waals surface area contributed by atoms with E-state index in [4.69, 9.17) is 0 Å². The van der Waals surface area contributed by atoms with Crippen molar-refractivity contribution in [2.45, 2.75) is 12.1 Å². The topological polar surface area (TPSA) is 61.4 Å². The molecule has 68 valence electrons. The average molecular weight is 171 g/mol. The van der Waals surface area contributed by atoms with Gasteiger partial charge in [0.1, 0.15) is 5.66 Å². The molecule has 1 heterocycles. The standard InChI is InChI=1S/C7H13N3O2/c1-10-3-2-7(4-10,8-5-11)9-6-12/h5-6H,2-4H2,1H3,(H,8,11)(H,9,12). The van der Waals surface area contributed by atoms with E-state index in [0.29, 0.717) is 19.4 Å². The zero-order chi connectivity index (χ0) is 9.03. The fraction of sp³-hybridized carbons (Fsp3) is 0.714. The quantitative estimate of drug-likeness (QED) is 0.400. The number of carbonyl (C=O) groups excluding carboxylic acids is 2. The van der Waals surface area contributed by atoms with Gasteiger partial charge in [-0.2, -0.15) is 0 Å². The number of likely N-dealkylation sites (N-methyl/N-ethyl adjacent to an activating group) is 1. The van der Waals surface area contributed by atoms with Gasteiger partial charge in [-0.15, -0.1) is 0 Å². The van der Waals surface area contributed by atoms with E-state index in [2.05, 4.69) is 10.6 Å². The van der Waals surface area contributed by atoms with Crippen LogP contribution < -0.4 is 10.6 Å². The molecular weight excluding hydrogens is 158 g/mol. The minimum absolute atomic E-state index is 0.543. The summed E-state index contributed by atoms with van der Waals surface area (Å²) in [5.74, 6) is 0. The van der Waals surface area contributed by atoms with Crippen LogP contribution >= 0.6 is 0 Å². The number of nitrogens with zero attached hydrogens (tertiary/aromatic N) is 1. The van der Waals surface area contributed by atoms with Gasteiger partial charge in [0.2, 0.25) is 12.8 Å². The number of carbonyl (C=O) groups is 2. The Morgan fingerprint density at radius 2 is 1.92 bits per heavy atom. The van der Waals surface area contributed by atoms with E-state index in [9.17, 15) is 9.59 Å². The van der Waals surface area contributed by atoms with Crippen LogP contribution in [-0.4, -0.2) is 43.5 Å². The van der Waals surface area contributed by atoms with Crippen molar-refractivity contribution in [1.82, 2.24) is 15.5 Å². The maximum absolute atomic E-state index is 10.3. The zero-order valence-corrected chi connectivity index (χ0v) is 7.04. The SMILES string of the molecule is CN1CCC(NC=O)(NC=O)C1. The summed E-state index contributed by atoms with van der Waals surface area (Å²) in [4.78, 5) is 22.6. The van der Waals surface area contributed by atoms with Crippen molar-refractivity contribution >= 4 is 12.8 Å². The number of likely N-dealkylation sites (tertiary alicyclic amines) is 1. The fourth-order valence-electron chi connectivity index (χ4n) is 1.50. The third-order valence-electron chi connectivity index (χ3n) is 2.13. The van der Waals surface area contributed by atoms with Crippen molar-refractivity contribution in [3.05, 3.63) is 0 Å². The first-order valence-electron chi connectivity index (χ1n) is 3.84. The molecule has 1 saturated heterocycles. The molecule has 5 nitrogen and oxygen atoms in total. The lowest BCUT2D eigenvalue weighted by atomic mass is 10.1. The number of rotatable bonds is 4. The van der Waals surface area contributed by atoms with Gasteiger partial charge in [-0.1, -0.05) is 0 Å². The van der Waals surface area contributed by atoms with E-state index < -0.39 is 5.66 Å². The predicted octanol–water partition coefficient (Wildman–Crippen LogP) is -1.49. The van der Waals surface area contributed by atoms with E-state index in [0.717, 1.165) is 13.0 Å². The second-order valence-corrected chi connectivity index (χ2v) is 3.09. The molecule has 5 heteroatoms. The zero-order valence-electron chi connectivity index (χ0n) is 7.04. The molecule has 0 bridgehead atoms. The summed E-state index contributed by atoms with van der Waals surface area (Å²) >= 11 is 0. The van der Waals surface area contributed by atoms with E-state index in [1.165, 1.54) is 0 Å². The molecule has 12 heavy (non-hydrogen) atoms. The van der Waals surface area contributed by atoms with Gasteiger partial charge in [-0.05, 0) is 7.05 Å². The Morgan fingerprint density at radius 1 is 1.33 bits per heavy atom. The monoisotopic (exact) mass is 171 g/mol. The molecule has 1 rings (SSSR count). The van der Waals surface area contributed by atoms with Crippen LogP contribution in [0.15, 0.2) is 0 Å². The first kappa shape index (κ1) is 8.99. The molecule has 0 aliphatic carbocycles. The molecule has 1 aliphatic heterocycles. The lowest BCUT2D eigenvalue weighted by Crippen LogP contribution is -2.57. The van der Waals surface area contributed by atoms with Crippen LogP contribution in [0.3, 0.4) is 0 Å². The van der Waals surface area contributed by atoms with Crippen LogP contribution in [-0.2, 0) is 9.59 Å². The first-order chi connectivity index (χ1) is 5.72. The summed E-state index contributed by atoms with van der Waals surface area (Å²) in [6.07, 6.45) is 1.99. The smallest absolute Gasteiger partial charge is 0.208 e. The highest BCUT2D eigenvalue weighted by Crippen LogP contribution is 2.15. The largest absolute Gasteiger partial charge is 0.335 e. The maximum atomic E-state index is 10.3. The van der Waals surface area contributed by atoms with Crippen LogP contribution in [0.4, 0.5) is 0 Å². The summed E-state index contributed by atoms with van der Waals surface area (Å²) < 4.78 is 0. The summed E-state index contributed by atoms with van der Waals surface area (Å²) in [6.45, 7) is 1.53. The highest BCUT2D eigenvalue weighted by Gasteiger charge is 2.35. The fourth-order valence-corrected chi connectivity index (χ4v) is 1.50. The molecule has 0 aromatic rings. The molecule has 0 atom stereocenters. The molecule has 0 radical (unpaired) electrons. The van der Waals surface area contributed by atoms with E-state index >= 15 is 0 Å². The van der Waals surface area contributed by atoms with Crippen molar-refractivity contribution in [1.29, 1.82) is 0 Å².